The molecule has 0 unspecified atom stereocenters. The Labute approximate surface area is 190 Å². The number of anilines is 1. The van der Waals surface area contributed by atoms with Gasteiger partial charge in [-0.05, 0) is 57.5 Å². The maximum atomic E-state index is 12.8. The predicted molar refractivity (Wildman–Crippen MR) is 121 cm³/mol. The Morgan fingerprint density at radius 2 is 1.91 bits per heavy atom. The van der Waals surface area contributed by atoms with E-state index < -0.39 is 17.7 Å². The molecule has 0 saturated heterocycles. The number of carbonyl (C=O) groups excluding carboxylic acids is 3. The molecule has 33 heavy (non-hydrogen) atoms. The second-order valence-corrected chi connectivity index (χ2v) is 8.80. The van der Waals surface area contributed by atoms with Crippen LogP contribution in [0.2, 0.25) is 0 Å². The molecule has 0 atom stereocenters. The van der Waals surface area contributed by atoms with Crippen LogP contribution in [-0.4, -0.2) is 47.1 Å². The Morgan fingerprint density at radius 1 is 1.15 bits per heavy atom. The Bertz CT molecular complexity index is 1270. The number of ether oxygens (including phenoxy) is 3. The zero-order chi connectivity index (χ0) is 23.9. The van der Waals surface area contributed by atoms with E-state index in [1.165, 1.54) is 16.7 Å². The highest BCUT2D eigenvalue weighted by atomic mass is 16.6. The minimum Gasteiger partial charge on any atom is -0.482 e. The Morgan fingerprint density at radius 3 is 2.61 bits per heavy atom. The van der Waals surface area contributed by atoms with Gasteiger partial charge in [0, 0.05) is 5.39 Å². The number of amides is 1. The molecule has 0 saturated carbocycles. The average Bonchev–Trinajstić information content (AvgIpc) is 3.11. The summed E-state index contributed by atoms with van der Waals surface area (Å²) in [6.07, 6.45) is -0.606. The number of aromatic nitrogens is 2. The van der Waals surface area contributed by atoms with E-state index in [0.29, 0.717) is 28.2 Å². The van der Waals surface area contributed by atoms with Gasteiger partial charge in [-0.1, -0.05) is 12.1 Å². The molecule has 4 rings (SSSR count). The highest BCUT2D eigenvalue weighted by Gasteiger charge is 2.29. The molecule has 1 aliphatic heterocycles. The monoisotopic (exact) mass is 451 g/mol. The first-order chi connectivity index (χ1) is 15.6. The molecule has 9 nitrogen and oxygen atoms in total. The minimum absolute atomic E-state index is 0.0785. The van der Waals surface area contributed by atoms with E-state index in [1.54, 1.807) is 39.0 Å². The molecule has 0 N–H and O–H groups in total. The summed E-state index contributed by atoms with van der Waals surface area (Å²) in [5.41, 5.74) is 2.08. The Kier molecular flexibility index (Phi) is 5.57. The lowest BCUT2D eigenvalue weighted by Gasteiger charge is -2.29. The van der Waals surface area contributed by atoms with Gasteiger partial charge >= 0.3 is 12.1 Å². The summed E-state index contributed by atoms with van der Waals surface area (Å²) in [7, 11) is 1.29. The van der Waals surface area contributed by atoms with Crippen LogP contribution in [0.3, 0.4) is 0 Å². The van der Waals surface area contributed by atoms with E-state index >= 15 is 0 Å². The fourth-order valence-corrected chi connectivity index (χ4v) is 3.62. The molecule has 0 aliphatic carbocycles. The van der Waals surface area contributed by atoms with Crippen molar-refractivity contribution in [3.63, 3.8) is 0 Å². The number of esters is 1. The molecule has 0 bridgehead atoms. The molecule has 0 radical (unpaired) electrons. The number of benzene rings is 2. The number of hydrogen-bond donors (Lipinski definition) is 0. The van der Waals surface area contributed by atoms with Gasteiger partial charge in [-0.3, -0.25) is 9.69 Å². The average molecular weight is 451 g/mol. The van der Waals surface area contributed by atoms with E-state index in [0.717, 1.165) is 10.9 Å². The standard InChI is InChI=1S/C24H25N3O6/c1-14-6-8-16-17(25-27(18(16)10-14)23(30)33-24(2,3)4)12-26-19-11-15(22(29)31-5)7-9-20(19)32-13-21(26)28/h6-11H,12-13H2,1-5H3. The maximum absolute atomic E-state index is 12.8. The van der Waals surface area contributed by atoms with Gasteiger partial charge in [0.1, 0.15) is 11.4 Å². The summed E-state index contributed by atoms with van der Waals surface area (Å²) in [5.74, 6) is -0.350. The van der Waals surface area contributed by atoms with Crippen LogP contribution in [0, 0.1) is 6.92 Å². The number of fused-ring (bicyclic) bond motifs is 2. The number of hydrogen-bond acceptors (Lipinski definition) is 7. The van der Waals surface area contributed by atoms with Crippen LogP contribution in [0.15, 0.2) is 36.4 Å². The van der Waals surface area contributed by atoms with Crippen molar-refractivity contribution in [3.05, 3.63) is 53.2 Å². The lowest BCUT2D eigenvalue weighted by atomic mass is 10.1. The minimum atomic E-state index is -0.692. The van der Waals surface area contributed by atoms with Crippen molar-refractivity contribution in [1.82, 2.24) is 9.78 Å². The van der Waals surface area contributed by atoms with Crippen LogP contribution < -0.4 is 9.64 Å². The van der Waals surface area contributed by atoms with Crippen molar-refractivity contribution in [2.45, 2.75) is 39.8 Å². The van der Waals surface area contributed by atoms with Gasteiger partial charge in [0.2, 0.25) is 0 Å². The molecule has 1 aromatic heterocycles. The topological polar surface area (TPSA) is 100.0 Å². The third-order valence-corrected chi connectivity index (χ3v) is 5.11. The third-order valence-electron chi connectivity index (χ3n) is 5.11. The van der Waals surface area contributed by atoms with Gasteiger partial charge in [0.15, 0.2) is 6.61 Å². The van der Waals surface area contributed by atoms with Gasteiger partial charge in [0.25, 0.3) is 5.91 Å². The normalized spacial score (nSPS) is 13.5. The molecule has 0 fully saturated rings. The molecular weight excluding hydrogens is 426 g/mol. The first-order valence-electron chi connectivity index (χ1n) is 10.4. The molecule has 1 aliphatic rings. The molecule has 0 spiro atoms. The zero-order valence-corrected chi connectivity index (χ0v) is 19.2. The van der Waals surface area contributed by atoms with Crippen molar-refractivity contribution in [2.75, 3.05) is 18.6 Å². The van der Waals surface area contributed by atoms with Gasteiger partial charge < -0.3 is 14.2 Å². The fourth-order valence-electron chi connectivity index (χ4n) is 3.62. The smallest absolute Gasteiger partial charge is 0.435 e. The third kappa shape index (κ3) is 4.39. The van der Waals surface area contributed by atoms with E-state index in [-0.39, 0.29) is 19.1 Å². The van der Waals surface area contributed by atoms with Gasteiger partial charge in [0.05, 0.1) is 36.1 Å². The Balaban J connectivity index is 1.78. The molecule has 2 heterocycles. The summed E-state index contributed by atoms with van der Waals surface area (Å²) < 4.78 is 17.1. The van der Waals surface area contributed by atoms with Crippen molar-refractivity contribution in [3.8, 4) is 5.75 Å². The fraction of sp³-hybridized carbons (Fsp3) is 0.333. The molecule has 3 aromatic rings. The quantitative estimate of drug-likeness (QED) is 0.558. The number of carbonyl (C=O) groups is 3. The van der Waals surface area contributed by atoms with Crippen molar-refractivity contribution < 1.29 is 28.6 Å². The highest BCUT2D eigenvalue weighted by Crippen LogP contribution is 2.35. The molecule has 2 aromatic carbocycles. The zero-order valence-electron chi connectivity index (χ0n) is 19.2. The van der Waals surface area contributed by atoms with Gasteiger partial charge in [-0.25, -0.2) is 9.59 Å². The van der Waals surface area contributed by atoms with Crippen molar-refractivity contribution in [2.24, 2.45) is 0 Å². The van der Waals surface area contributed by atoms with Crippen LogP contribution in [0.4, 0.5) is 10.5 Å². The largest absolute Gasteiger partial charge is 0.482 e. The second-order valence-electron chi connectivity index (χ2n) is 8.80. The van der Waals surface area contributed by atoms with E-state index in [4.69, 9.17) is 14.2 Å². The predicted octanol–water partition coefficient (Wildman–Crippen LogP) is 3.84. The SMILES string of the molecule is COC(=O)c1ccc2c(c1)N(Cc1nn(C(=O)OC(C)(C)C)c3cc(C)ccc13)C(=O)CO2. The van der Waals surface area contributed by atoms with Crippen molar-refractivity contribution >= 4 is 34.6 Å². The second kappa shape index (κ2) is 8.23. The highest BCUT2D eigenvalue weighted by molar-refractivity contribution is 6.00. The van der Waals surface area contributed by atoms with Crippen LogP contribution >= 0.6 is 0 Å². The van der Waals surface area contributed by atoms with Gasteiger partial charge in [-0.2, -0.15) is 9.78 Å². The lowest BCUT2D eigenvalue weighted by molar-refractivity contribution is -0.121. The molecule has 1 amide bonds. The number of nitrogens with zero attached hydrogens (tertiary/aromatic N) is 3. The lowest BCUT2D eigenvalue weighted by Crippen LogP contribution is -2.38. The van der Waals surface area contributed by atoms with Crippen LogP contribution in [0.25, 0.3) is 10.9 Å². The number of rotatable bonds is 3. The molecule has 172 valence electrons. The van der Waals surface area contributed by atoms with E-state index in [2.05, 4.69) is 5.10 Å². The molecular formula is C24H25N3O6. The summed E-state index contributed by atoms with van der Waals surface area (Å²) in [4.78, 5) is 39.1. The maximum Gasteiger partial charge on any atom is 0.435 e. The van der Waals surface area contributed by atoms with Crippen LogP contribution in [-0.2, 0) is 20.8 Å². The number of methoxy groups -OCH3 is 1. The van der Waals surface area contributed by atoms with Gasteiger partial charge in [-0.15, -0.1) is 0 Å². The summed E-state index contributed by atoms with van der Waals surface area (Å²) in [5, 5.41) is 5.22. The summed E-state index contributed by atoms with van der Waals surface area (Å²) in [6, 6.07) is 10.4. The Hall–Kier alpha value is -3.88. The number of aryl methyl sites for hydroxylation is 1. The first-order valence-corrected chi connectivity index (χ1v) is 10.4. The summed E-state index contributed by atoms with van der Waals surface area (Å²) in [6.45, 7) is 7.20. The van der Waals surface area contributed by atoms with E-state index in [9.17, 15) is 14.4 Å². The summed E-state index contributed by atoms with van der Waals surface area (Å²) >= 11 is 0. The van der Waals surface area contributed by atoms with E-state index in [1.807, 2.05) is 25.1 Å². The van der Waals surface area contributed by atoms with Crippen molar-refractivity contribution in [1.29, 1.82) is 0 Å². The van der Waals surface area contributed by atoms with Crippen LogP contribution in [0.5, 0.6) is 5.75 Å². The first kappa shape index (κ1) is 22.3. The van der Waals surface area contributed by atoms with Crippen LogP contribution in [0.1, 0.15) is 42.4 Å². The molecule has 9 heteroatoms.